The molecule has 0 amide bonds. The van der Waals surface area contributed by atoms with Crippen LogP contribution in [0.25, 0.3) is 0 Å². The Balaban J connectivity index is 1.85. The highest BCUT2D eigenvalue weighted by atomic mass is 32.2. The molecule has 0 radical (unpaired) electrons. The van der Waals surface area contributed by atoms with Crippen LogP contribution in [0, 0.1) is 5.92 Å². The average Bonchev–Trinajstić information content (AvgIpc) is 2.85. The predicted octanol–water partition coefficient (Wildman–Crippen LogP) is 4.10. The van der Waals surface area contributed by atoms with Crippen LogP contribution in [0.3, 0.4) is 0 Å². The van der Waals surface area contributed by atoms with Gasteiger partial charge in [0.15, 0.2) is 9.45 Å². The number of thiocarbonyl (C=S) groups is 1. The molecule has 0 aliphatic carbocycles. The van der Waals surface area contributed by atoms with E-state index in [9.17, 15) is 0 Å². The van der Waals surface area contributed by atoms with E-state index < -0.39 is 0 Å². The molecule has 0 unspecified atom stereocenters. The summed E-state index contributed by atoms with van der Waals surface area (Å²) in [4.78, 5) is 0. The summed E-state index contributed by atoms with van der Waals surface area (Å²) in [5.74, 6) is 1.68. The van der Waals surface area contributed by atoms with E-state index >= 15 is 0 Å². The van der Waals surface area contributed by atoms with Crippen LogP contribution in [-0.2, 0) is 0 Å². The maximum atomic E-state index is 5.24. The number of aromatic nitrogens is 2. The monoisotopic (exact) mass is 324 g/mol. The smallest absolute Gasteiger partial charge is 0.212 e. The van der Waals surface area contributed by atoms with E-state index in [2.05, 4.69) is 34.7 Å². The minimum atomic E-state index is 0.521. The van der Waals surface area contributed by atoms with Crippen LogP contribution < -0.4 is 10.6 Å². The third-order valence-corrected chi connectivity index (χ3v) is 4.80. The number of hydrogen-bond acceptors (Lipinski definition) is 5. The van der Waals surface area contributed by atoms with Crippen molar-refractivity contribution >= 4 is 51.2 Å². The van der Waals surface area contributed by atoms with E-state index in [0.717, 1.165) is 15.8 Å². The molecule has 4 nitrogen and oxygen atoms in total. The number of para-hydroxylation sites is 1. The Bertz CT molecular complexity index is 554. The van der Waals surface area contributed by atoms with E-state index in [1.165, 1.54) is 11.3 Å². The fourth-order valence-electron chi connectivity index (χ4n) is 1.34. The molecule has 0 aliphatic heterocycles. The molecule has 2 N–H and O–H groups in total. The Labute approximate surface area is 132 Å². The zero-order chi connectivity index (χ0) is 14.4. The molecular formula is C13H16N4S3. The number of anilines is 2. The van der Waals surface area contributed by atoms with E-state index in [-0.39, 0.29) is 0 Å². The summed E-state index contributed by atoms with van der Waals surface area (Å²) in [5.41, 5.74) is 0.948. The van der Waals surface area contributed by atoms with Gasteiger partial charge >= 0.3 is 0 Å². The van der Waals surface area contributed by atoms with Gasteiger partial charge in [-0.05, 0) is 30.3 Å². The lowest BCUT2D eigenvalue weighted by molar-refractivity contribution is 0.749. The standard InChI is InChI=1S/C13H16N4S3/c1-9(2)8-19-13-17-16-12(20-13)15-11(18)14-10-6-4-3-5-7-10/h3-7,9H,8H2,1-2H3,(H2,14,15,16,18). The predicted molar refractivity (Wildman–Crippen MR) is 91.8 cm³/mol. The van der Waals surface area contributed by atoms with Crippen LogP contribution in [-0.4, -0.2) is 21.1 Å². The fraction of sp³-hybridized carbons (Fsp3) is 0.308. The lowest BCUT2D eigenvalue weighted by atomic mass is 10.3. The van der Waals surface area contributed by atoms with Gasteiger partial charge in [0.2, 0.25) is 5.13 Å². The first-order chi connectivity index (χ1) is 9.63. The van der Waals surface area contributed by atoms with Crippen LogP contribution >= 0.6 is 35.3 Å². The second-order valence-electron chi connectivity index (χ2n) is 4.52. The third kappa shape index (κ3) is 5.07. The van der Waals surface area contributed by atoms with Crippen LogP contribution in [0.2, 0.25) is 0 Å². The lowest BCUT2D eigenvalue weighted by Crippen LogP contribution is -2.18. The SMILES string of the molecule is CC(C)CSc1nnc(NC(=S)Nc2ccccc2)s1. The van der Waals surface area contributed by atoms with Gasteiger partial charge in [-0.3, -0.25) is 0 Å². The minimum Gasteiger partial charge on any atom is -0.332 e. The maximum absolute atomic E-state index is 5.24. The van der Waals surface area contributed by atoms with Crippen LogP contribution in [0.1, 0.15) is 13.8 Å². The average molecular weight is 325 g/mol. The van der Waals surface area contributed by atoms with Gasteiger partial charge in [0.05, 0.1) is 0 Å². The summed E-state index contributed by atoms with van der Waals surface area (Å²) in [6.07, 6.45) is 0. The van der Waals surface area contributed by atoms with Gasteiger partial charge in [0.1, 0.15) is 0 Å². The number of nitrogens with one attached hydrogen (secondary N) is 2. The van der Waals surface area contributed by atoms with Crippen molar-refractivity contribution in [1.29, 1.82) is 0 Å². The molecule has 0 saturated carbocycles. The highest BCUT2D eigenvalue weighted by molar-refractivity contribution is 8.01. The van der Waals surface area contributed by atoms with Gasteiger partial charge in [-0.1, -0.05) is 55.1 Å². The molecule has 0 aliphatic rings. The van der Waals surface area contributed by atoms with E-state index in [0.29, 0.717) is 16.2 Å². The van der Waals surface area contributed by atoms with E-state index in [1.807, 2.05) is 30.3 Å². The molecular weight excluding hydrogens is 308 g/mol. The first-order valence-corrected chi connectivity index (χ1v) is 8.44. The third-order valence-electron chi connectivity index (χ3n) is 2.20. The Kier molecular flexibility index (Phi) is 5.75. The summed E-state index contributed by atoms with van der Waals surface area (Å²) >= 11 is 8.48. The first kappa shape index (κ1) is 15.2. The highest BCUT2D eigenvalue weighted by Gasteiger charge is 2.07. The molecule has 1 aromatic carbocycles. The Morgan fingerprint density at radius 1 is 1.25 bits per heavy atom. The number of thioether (sulfide) groups is 1. The van der Waals surface area contributed by atoms with Crippen molar-refractivity contribution in [2.45, 2.75) is 18.2 Å². The van der Waals surface area contributed by atoms with Crippen molar-refractivity contribution in [2.75, 3.05) is 16.4 Å². The number of benzene rings is 1. The molecule has 0 spiro atoms. The van der Waals surface area contributed by atoms with Crippen molar-refractivity contribution in [3.8, 4) is 0 Å². The largest absolute Gasteiger partial charge is 0.332 e. The zero-order valence-corrected chi connectivity index (χ0v) is 13.7. The number of rotatable bonds is 5. The van der Waals surface area contributed by atoms with Gasteiger partial charge < -0.3 is 10.6 Å². The molecule has 0 fully saturated rings. The molecule has 0 bridgehead atoms. The Morgan fingerprint density at radius 3 is 2.70 bits per heavy atom. The van der Waals surface area contributed by atoms with Gasteiger partial charge in [0.25, 0.3) is 0 Å². The Morgan fingerprint density at radius 2 is 2.00 bits per heavy atom. The molecule has 7 heteroatoms. The summed E-state index contributed by atoms with van der Waals surface area (Å²) in [7, 11) is 0. The summed E-state index contributed by atoms with van der Waals surface area (Å²) in [5, 5.41) is 15.6. The van der Waals surface area contributed by atoms with Crippen molar-refractivity contribution < 1.29 is 0 Å². The van der Waals surface area contributed by atoms with E-state index in [4.69, 9.17) is 12.2 Å². The molecule has 1 aromatic heterocycles. The van der Waals surface area contributed by atoms with Crippen molar-refractivity contribution in [3.63, 3.8) is 0 Å². The summed E-state index contributed by atoms with van der Waals surface area (Å²) < 4.78 is 0.962. The number of nitrogens with zero attached hydrogens (tertiary/aromatic N) is 2. The van der Waals surface area contributed by atoms with Gasteiger partial charge in [-0.2, -0.15) is 0 Å². The fourth-order valence-corrected chi connectivity index (χ4v) is 3.35. The van der Waals surface area contributed by atoms with Gasteiger partial charge in [-0.25, -0.2) is 0 Å². The molecule has 2 aromatic rings. The molecule has 1 heterocycles. The molecule has 0 saturated heterocycles. The Hall–Kier alpha value is -1.18. The normalized spacial score (nSPS) is 10.6. The molecule has 2 rings (SSSR count). The van der Waals surface area contributed by atoms with Crippen molar-refractivity contribution in [3.05, 3.63) is 30.3 Å². The van der Waals surface area contributed by atoms with Crippen molar-refractivity contribution in [1.82, 2.24) is 10.2 Å². The summed E-state index contributed by atoms with van der Waals surface area (Å²) in [6.45, 7) is 4.37. The zero-order valence-electron chi connectivity index (χ0n) is 11.3. The molecule has 106 valence electrons. The number of hydrogen-bond donors (Lipinski definition) is 2. The van der Waals surface area contributed by atoms with Gasteiger partial charge in [-0.15, -0.1) is 10.2 Å². The maximum Gasteiger partial charge on any atom is 0.212 e. The van der Waals surface area contributed by atoms with Crippen LogP contribution in [0.5, 0.6) is 0 Å². The molecule has 0 atom stereocenters. The van der Waals surface area contributed by atoms with Crippen molar-refractivity contribution in [2.24, 2.45) is 5.92 Å². The quantitative estimate of drug-likeness (QED) is 0.638. The second kappa shape index (κ2) is 7.56. The highest BCUT2D eigenvalue weighted by Crippen LogP contribution is 2.26. The lowest BCUT2D eigenvalue weighted by Gasteiger charge is -2.07. The topological polar surface area (TPSA) is 49.8 Å². The summed E-state index contributed by atoms with van der Waals surface area (Å²) in [6, 6.07) is 9.79. The minimum absolute atomic E-state index is 0.521. The molecule has 20 heavy (non-hydrogen) atoms. The first-order valence-electron chi connectivity index (χ1n) is 6.23. The van der Waals surface area contributed by atoms with Gasteiger partial charge in [0, 0.05) is 11.4 Å². The van der Waals surface area contributed by atoms with Crippen LogP contribution in [0.4, 0.5) is 10.8 Å². The van der Waals surface area contributed by atoms with E-state index in [1.54, 1.807) is 11.8 Å². The second-order valence-corrected chi connectivity index (χ2v) is 7.18. The van der Waals surface area contributed by atoms with Crippen LogP contribution in [0.15, 0.2) is 34.7 Å².